The second-order valence-corrected chi connectivity index (χ2v) is 7.11. The summed E-state index contributed by atoms with van der Waals surface area (Å²) in [5.41, 5.74) is 3.71. The number of aromatic nitrogens is 1. The molecule has 2 heterocycles. The van der Waals surface area contributed by atoms with E-state index in [9.17, 15) is 9.59 Å². The number of anilines is 2. The van der Waals surface area contributed by atoms with E-state index in [4.69, 9.17) is 4.42 Å². The van der Waals surface area contributed by atoms with Crippen molar-refractivity contribution in [1.29, 1.82) is 0 Å². The number of rotatable bonds is 2. The molecule has 0 bridgehead atoms. The fourth-order valence-corrected chi connectivity index (χ4v) is 3.47. The molecule has 7 heteroatoms. The minimum absolute atomic E-state index is 0.0884. The molecule has 4 rings (SSSR count). The number of aromatic amines is 1. The number of carbonyl (C=O) groups excluding carboxylic acids is 1. The van der Waals surface area contributed by atoms with E-state index < -0.39 is 0 Å². The van der Waals surface area contributed by atoms with Gasteiger partial charge in [0.05, 0.1) is 0 Å². The number of H-pyrrole nitrogens is 1. The molecule has 1 aromatic carbocycles. The van der Waals surface area contributed by atoms with Crippen LogP contribution in [0.5, 0.6) is 0 Å². The van der Waals surface area contributed by atoms with Crippen LogP contribution in [0, 0.1) is 0 Å². The van der Waals surface area contributed by atoms with Crippen LogP contribution in [0.1, 0.15) is 6.92 Å². The third-order valence-electron chi connectivity index (χ3n) is 5.10. The molecule has 0 unspecified atom stereocenters. The number of hydrogen-bond donors (Lipinski definition) is 0. The zero-order valence-electron chi connectivity index (χ0n) is 15.8. The van der Waals surface area contributed by atoms with Gasteiger partial charge < -0.3 is 19.1 Å². The Hall–Kier alpha value is -3.09. The van der Waals surface area contributed by atoms with Crippen LogP contribution >= 0.6 is 0 Å². The summed E-state index contributed by atoms with van der Waals surface area (Å²) in [4.78, 5) is 33.3. The van der Waals surface area contributed by atoms with Crippen LogP contribution in [0.25, 0.3) is 22.6 Å². The van der Waals surface area contributed by atoms with E-state index in [0.29, 0.717) is 43.2 Å². The molecule has 1 saturated heterocycles. The molecule has 1 amide bonds. The number of fused-ring (bicyclic) bond motifs is 2. The Balaban J connectivity index is 1.74. The van der Waals surface area contributed by atoms with Gasteiger partial charge in [-0.05, 0) is 6.07 Å². The van der Waals surface area contributed by atoms with Crippen LogP contribution < -0.4 is 20.2 Å². The van der Waals surface area contributed by atoms with Gasteiger partial charge in [0.2, 0.25) is 22.8 Å². The molecule has 0 atom stereocenters. The van der Waals surface area contributed by atoms with Crippen LogP contribution in [0.15, 0.2) is 39.5 Å². The molecule has 1 aliphatic carbocycles. The van der Waals surface area contributed by atoms with E-state index >= 15 is 0 Å². The molecule has 27 heavy (non-hydrogen) atoms. The Morgan fingerprint density at radius 2 is 1.85 bits per heavy atom. The Kier molecular flexibility index (Phi) is 4.22. The topological polar surface area (TPSA) is 71.1 Å². The van der Waals surface area contributed by atoms with Crippen molar-refractivity contribution < 1.29 is 14.2 Å². The summed E-state index contributed by atoms with van der Waals surface area (Å²) in [6.45, 7) is 4.31. The summed E-state index contributed by atoms with van der Waals surface area (Å²) in [6, 6.07) is 9.39. The fraction of sp³-hybridized carbons (Fsp3) is 0.350. The minimum Gasteiger partial charge on any atom is -0.443 e. The largest absolute Gasteiger partial charge is 0.443 e. The van der Waals surface area contributed by atoms with Crippen molar-refractivity contribution in [2.24, 2.45) is 0 Å². The Bertz CT molecular complexity index is 1040. The SMILES string of the molecule is CC(=O)N1CCN(c2cc3oc4cc(N(C)C)ccc4[nH+]c-3c(=O)c2)CC1. The molecule has 140 valence electrons. The first-order valence-electron chi connectivity index (χ1n) is 9.04. The molecule has 1 aromatic rings. The monoisotopic (exact) mass is 367 g/mol. The van der Waals surface area contributed by atoms with E-state index in [0.717, 1.165) is 16.9 Å². The summed E-state index contributed by atoms with van der Waals surface area (Å²) < 4.78 is 6.06. The third-order valence-corrected chi connectivity index (χ3v) is 5.10. The summed E-state index contributed by atoms with van der Waals surface area (Å²) in [6.07, 6.45) is 0. The molecule has 0 aromatic heterocycles. The average molecular weight is 367 g/mol. The van der Waals surface area contributed by atoms with Crippen LogP contribution in [0.3, 0.4) is 0 Å². The molecule has 0 radical (unpaired) electrons. The molecule has 2 aliphatic heterocycles. The lowest BCUT2D eigenvalue weighted by Gasteiger charge is -2.35. The fourth-order valence-electron chi connectivity index (χ4n) is 3.47. The molecule has 0 saturated carbocycles. The van der Waals surface area contributed by atoms with E-state index in [1.54, 1.807) is 13.0 Å². The smallest absolute Gasteiger partial charge is 0.295 e. The molecular formula is C20H23N4O3+. The van der Waals surface area contributed by atoms with Gasteiger partial charge in [-0.15, -0.1) is 0 Å². The predicted molar refractivity (Wildman–Crippen MR) is 104 cm³/mol. The van der Waals surface area contributed by atoms with E-state index in [2.05, 4.69) is 9.88 Å². The maximum atomic E-state index is 12.6. The van der Waals surface area contributed by atoms with E-state index in [-0.39, 0.29) is 11.3 Å². The van der Waals surface area contributed by atoms with Gasteiger partial charge in [-0.25, -0.2) is 0 Å². The van der Waals surface area contributed by atoms with Crippen LogP contribution in [-0.2, 0) is 4.79 Å². The highest BCUT2D eigenvalue weighted by molar-refractivity contribution is 5.77. The first-order chi connectivity index (χ1) is 12.9. The van der Waals surface area contributed by atoms with Crippen molar-refractivity contribution >= 4 is 28.4 Å². The maximum absolute atomic E-state index is 12.6. The second kappa shape index (κ2) is 6.57. The van der Waals surface area contributed by atoms with Crippen molar-refractivity contribution in [3.8, 4) is 11.5 Å². The molecule has 0 spiro atoms. The third kappa shape index (κ3) is 3.20. The van der Waals surface area contributed by atoms with Crippen molar-refractivity contribution in [2.75, 3.05) is 50.1 Å². The number of nitrogens with zero attached hydrogens (tertiary/aromatic N) is 3. The maximum Gasteiger partial charge on any atom is 0.295 e. The summed E-state index contributed by atoms with van der Waals surface area (Å²) in [5, 5.41) is 0. The molecule has 3 aliphatic rings. The van der Waals surface area contributed by atoms with Gasteiger partial charge in [-0.3, -0.25) is 9.59 Å². The highest BCUT2D eigenvalue weighted by Crippen LogP contribution is 2.26. The van der Waals surface area contributed by atoms with Gasteiger partial charge in [-0.2, -0.15) is 4.98 Å². The standard InChI is InChI=1S/C20H22N4O3/c1-13(25)23-6-8-24(9-7-23)15-10-17(26)20-19(12-15)27-18-11-14(22(2)3)4-5-16(18)21-20/h4-5,10-12H,6-9H2,1-3H3/p+1. The highest BCUT2D eigenvalue weighted by Gasteiger charge is 2.24. The van der Waals surface area contributed by atoms with Crippen LogP contribution in [0.4, 0.5) is 11.4 Å². The predicted octanol–water partition coefficient (Wildman–Crippen LogP) is 1.45. The Morgan fingerprint density at radius 3 is 2.52 bits per heavy atom. The number of hydrogen-bond acceptors (Lipinski definition) is 5. The zero-order chi connectivity index (χ0) is 19.1. The van der Waals surface area contributed by atoms with Crippen molar-refractivity contribution in [3.05, 3.63) is 40.6 Å². The van der Waals surface area contributed by atoms with Gasteiger partial charge in [0.25, 0.3) is 11.1 Å². The van der Waals surface area contributed by atoms with Crippen molar-refractivity contribution in [1.82, 2.24) is 4.90 Å². The van der Waals surface area contributed by atoms with Gasteiger partial charge in [0.1, 0.15) is 0 Å². The van der Waals surface area contributed by atoms with Crippen molar-refractivity contribution in [3.63, 3.8) is 0 Å². The van der Waals surface area contributed by atoms with Gasteiger partial charge >= 0.3 is 0 Å². The van der Waals surface area contributed by atoms with Gasteiger partial charge in [0.15, 0.2) is 0 Å². The number of carbonyl (C=O) groups is 1. The molecule has 1 N–H and O–H groups in total. The quantitative estimate of drug-likeness (QED) is 0.641. The van der Waals surface area contributed by atoms with Crippen LogP contribution in [-0.4, -0.2) is 51.1 Å². The molecular weight excluding hydrogens is 344 g/mol. The zero-order valence-corrected chi connectivity index (χ0v) is 15.8. The summed E-state index contributed by atoms with van der Waals surface area (Å²) in [5.74, 6) is 0.625. The number of nitrogens with one attached hydrogen (secondary N) is 1. The number of amides is 1. The lowest BCUT2D eigenvalue weighted by molar-refractivity contribution is -0.335. The van der Waals surface area contributed by atoms with Crippen molar-refractivity contribution in [2.45, 2.75) is 6.92 Å². The Labute approximate surface area is 157 Å². The normalized spacial score (nSPS) is 14.8. The first-order valence-corrected chi connectivity index (χ1v) is 9.04. The van der Waals surface area contributed by atoms with Crippen LogP contribution in [0.2, 0.25) is 0 Å². The number of piperazine rings is 1. The molecule has 7 nitrogen and oxygen atoms in total. The lowest BCUT2D eigenvalue weighted by Crippen LogP contribution is -2.48. The second-order valence-electron chi connectivity index (χ2n) is 7.11. The summed E-state index contributed by atoms with van der Waals surface area (Å²) in [7, 11) is 3.95. The van der Waals surface area contributed by atoms with Gasteiger partial charge in [0, 0.05) is 82.8 Å². The Morgan fingerprint density at radius 1 is 1.11 bits per heavy atom. The average Bonchev–Trinajstić information content (AvgIpc) is 2.66. The minimum atomic E-state index is -0.0983. The summed E-state index contributed by atoms with van der Waals surface area (Å²) >= 11 is 0. The lowest BCUT2D eigenvalue weighted by atomic mass is 10.1. The first kappa shape index (κ1) is 17.3. The highest BCUT2D eigenvalue weighted by atomic mass is 16.3. The van der Waals surface area contributed by atoms with Gasteiger partial charge in [-0.1, -0.05) is 0 Å². The van der Waals surface area contributed by atoms with E-state index in [1.165, 1.54) is 0 Å². The van der Waals surface area contributed by atoms with E-state index in [1.807, 2.05) is 48.2 Å². The number of benzene rings is 2. The molecule has 1 fully saturated rings.